The van der Waals surface area contributed by atoms with Crippen molar-refractivity contribution in [1.29, 1.82) is 0 Å². The van der Waals surface area contributed by atoms with Gasteiger partial charge < -0.3 is 14.4 Å². The van der Waals surface area contributed by atoms with Crippen LogP contribution in [0.3, 0.4) is 0 Å². The van der Waals surface area contributed by atoms with Crippen molar-refractivity contribution in [3.05, 3.63) is 29.7 Å². The van der Waals surface area contributed by atoms with Gasteiger partial charge in [-0.1, -0.05) is 23.0 Å². The molecule has 0 aliphatic carbocycles. The first-order valence-electron chi connectivity index (χ1n) is 9.52. The summed E-state index contributed by atoms with van der Waals surface area (Å²) in [6, 6.07) is 3.94. The maximum atomic E-state index is 12.6. The van der Waals surface area contributed by atoms with Gasteiger partial charge in [-0.3, -0.25) is 9.69 Å². The fraction of sp³-hybridized carbons (Fsp3) is 0.500. The van der Waals surface area contributed by atoms with E-state index < -0.39 is 0 Å². The van der Waals surface area contributed by atoms with Gasteiger partial charge in [-0.05, 0) is 30.8 Å². The van der Waals surface area contributed by atoms with E-state index in [4.69, 9.17) is 4.52 Å². The Morgan fingerprint density at radius 1 is 1.48 bits per heavy atom. The van der Waals surface area contributed by atoms with Crippen LogP contribution in [-0.4, -0.2) is 61.1 Å². The molecule has 0 radical (unpaired) electrons. The van der Waals surface area contributed by atoms with Crippen LogP contribution in [0.2, 0.25) is 0 Å². The summed E-state index contributed by atoms with van der Waals surface area (Å²) in [7, 11) is 1.91. The van der Waals surface area contributed by atoms with Gasteiger partial charge >= 0.3 is 0 Å². The molecule has 29 heavy (non-hydrogen) atoms. The number of amides is 1. The minimum absolute atomic E-state index is 0.0109. The van der Waals surface area contributed by atoms with Crippen LogP contribution in [0.5, 0.6) is 0 Å². The highest BCUT2D eigenvalue weighted by Gasteiger charge is 2.26. The van der Waals surface area contributed by atoms with Crippen molar-refractivity contribution in [2.45, 2.75) is 24.5 Å². The average molecular weight is 434 g/mol. The first-order chi connectivity index (χ1) is 14.2. The average Bonchev–Trinajstić information content (AvgIpc) is 3.48. The fourth-order valence-electron chi connectivity index (χ4n) is 3.29. The van der Waals surface area contributed by atoms with E-state index in [1.807, 2.05) is 29.1 Å². The van der Waals surface area contributed by atoms with Crippen molar-refractivity contribution in [1.82, 2.24) is 35.1 Å². The zero-order valence-electron chi connectivity index (χ0n) is 16.2. The number of thioether (sulfide) groups is 1. The zero-order valence-corrected chi connectivity index (χ0v) is 17.8. The summed E-state index contributed by atoms with van der Waals surface area (Å²) in [4.78, 5) is 20.2. The van der Waals surface area contributed by atoms with Crippen molar-refractivity contribution < 1.29 is 9.32 Å². The Morgan fingerprint density at radius 3 is 3.21 bits per heavy atom. The summed E-state index contributed by atoms with van der Waals surface area (Å²) < 4.78 is 7.27. The monoisotopic (exact) mass is 433 g/mol. The lowest BCUT2D eigenvalue weighted by Gasteiger charge is -2.30. The number of likely N-dealkylation sites (tertiary alicyclic amines) is 1. The minimum atomic E-state index is -0.0109. The Bertz CT molecular complexity index is 924. The van der Waals surface area contributed by atoms with E-state index in [1.165, 1.54) is 0 Å². The van der Waals surface area contributed by atoms with E-state index in [9.17, 15) is 4.79 Å². The molecule has 1 atom stereocenters. The smallest absolute Gasteiger partial charge is 0.241 e. The predicted octanol–water partition coefficient (Wildman–Crippen LogP) is 2.05. The van der Waals surface area contributed by atoms with Gasteiger partial charge in [0.15, 0.2) is 5.16 Å². The third kappa shape index (κ3) is 5.22. The molecular formula is C18H23N7O2S2. The minimum Gasteiger partial charge on any atom is -0.355 e. The number of carbonyl (C=O) groups is 1. The lowest BCUT2D eigenvalue weighted by Crippen LogP contribution is -2.43. The molecule has 1 N–H and O–H groups in total. The van der Waals surface area contributed by atoms with E-state index >= 15 is 0 Å². The van der Waals surface area contributed by atoms with Crippen molar-refractivity contribution in [3.63, 3.8) is 0 Å². The van der Waals surface area contributed by atoms with E-state index in [-0.39, 0.29) is 11.8 Å². The topological polar surface area (TPSA) is 102 Å². The summed E-state index contributed by atoms with van der Waals surface area (Å²) in [5, 5.41) is 17.8. The number of rotatable bonds is 8. The van der Waals surface area contributed by atoms with Gasteiger partial charge in [0, 0.05) is 25.9 Å². The second kappa shape index (κ2) is 9.51. The number of hydrogen-bond acceptors (Lipinski definition) is 9. The predicted molar refractivity (Wildman–Crippen MR) is 110 cm³/mol. The fourth-order valence-corrected chi connectivity index (χ4v) is 4.69. The number of nitrogens with zero attached hydrogens (tertiary/aromatic N) is 6. The summed E-state index contributed by atoms with van der Waals surface area (Å²) >= 11 is 3.17. The van der Waals surface area contributed by atoms with Crippen LogP contribution in [0.1, 0.15) is 18.7 Å². The number of aryl methyl sites for hydroxylation is 1. The highest BCUT2D eigenvalue weighted by molar-refractivity contribution is 7.99. The second-order valence-corrected chi connectivity index (χ2v) is 8.94. The van der Waals surface area contributed by atoms with Crippen molar-refractivity contribution in [2.24, 2.45) is 13.0 Å². The van der Waals surface area contributed by atoms with Crippen LogP contribution in [-0.2, 0) is 18.4 Å². The molecule has 1 aliphatic heterocycles. The third-order valence-electron chi connectivity index (χ3n) is 4.75. The van der Waals surface area contributed by atoms with Gasteiger partial charge in [0.25, 0.3) is 0 Å². The van der Waals surface area contributed by atoms with Crippen molar-refractivity contribution in [2.75, 3.05) is 25.4 Å². The molecule has 4 heterocycles. The molecule has 0 saturated carbocycles. The molecule has 1 fully saturated rings. The quantitative estimate of drug-likeness (QED) is 0.425. The Hall–Kier alpha value is -2.24. The van der Waals surface area contributed by atoms with Crippen LogP contribution in [0.15, 0.2) is 33.5 Å². The van der Waals surface area contributed by atoms with E-state index in [2.05, 4.69) is 30.6 Å². The largest absolute Gasteiger partial charge is 0.355 e. The number of nitrogens with one attached hydrogen (secondary N) is 1. The molecule has 11 heteroatoms. The maximum absolute atomic E-state index is 12.6. The number of thiophene rings is 1. The van der Waals surface area contributed by atoms with Crippen LogP contribution in [0, 0.1) is 5.92 Å². The van der Waals surface area contributed by atoms with Crippen LogP contribution < -0.4 is 5.32 Å². The molecule has 1 amide bonds. The standard InChI is InChI=1S/C18H23N7O2S2/c1-24-12-20-22-18(24)29-9-6-19-17(26)13-4-2-7-25(10-13)11-15-21-16(23-27-15)14-5-3-8-28-14/h3,5,8,12-13H,2,4,6-7,9-11H2,1H3,(H,19,26). The molecular weight excluding hydrogens is 410 g/mol. The number of hydrogen-bond donors (Lipinski definition) is 1. The third-order valence-corrected chi connectivity index (χ3v) is 6.65. The molecule has 1 unspecified atom stereocenters. The zero-order chi connectivity index (χ0) is 20.1. The molecule has 0 aromatic carbocycles. The first kappa shape index (κ1) is 20.0. The molecule has 1 saturated heterocycles. The van der Waals surface area contributed by atoms with Gasteiger partial charge in [-0.2, -0.15) is 4.98 Å². The second-order valence-electron chi connectivity index (χ2n) is 6.93. The van der Waals surface area contributed by atoms with E-state index in [1.54, 1.807) is 29.4 Å². The molecule has 154 valence electrons. The molecule has 0 bridgehead atoms. The van der Waals surface area contributed by atoms with E-state index in [0.717, 1.165) is 35.2 Å². The molecule has 1 aliphatic rings. The van der Waals surface area contributed by atoms with Gasteiger partial charge in [0.2, 0.25) is 17.6 Å². The summed E-state index contributed by atoms with van der Waals surface area (Å²) in [6.45, 7) is 2.83. The maximum Gasteiger partial charge on any atom is 0.241 e. The van der Waals surface area contributed by atoms with Gasteiger partial charge in [-0.25, -0.2) is 0 Å². The van der Waals surface area contributed by atoms with Crippen LogP contribution >= 0.6 is 23.1 Å². The molecule has 3 aromatic rings. The Kier molecular flexibility index (Phi) is 6.57. The molecule has 4 rings (SSSR count). The lowest BCUT2D eigenvalue weighted by molar-refractivity contribution is -0.126. The van der Waals surface area contributed by atoms with Crippen molar-refractivity contribution in [3.8, 4) is 10.7 Å². The molecule has 9 nitrogen and oxygen atoms in total. The summed E-state index contributed by atoms with van der Waals surface area (Å²) in [5.74, 6) is 2.08. The van der Waals surface area contributed by atoms with E-state index in [0.29, 0.717) is 31.3 Å². The lowest BCUT2D eigenvalue weighted by atomic mass is 9.97. The summed E-state index contributed by atoms with van der Waals surface area (Å²) in [5.41, 5.74) is 0. The van der Waals surface area contributed by atoms with Crippen LogP contribution in [0.4, 0.5) is 0 Å². The van der Waals surface area contributed by atoms with Crippen molar-refractivity contribution >= 4 is 29.0 Å². The Balaban J connectivity index is 1.22. The first-order valence-corrected chi connectivity index (χ1v) is 11.4. The molecule has 3 aromatic heterocycles. The highest BCUT2D eigenvalue weighted by atomic mass is 32.2. The van der Waals surface area contributed by atoms with Crippen LogP contribution in [0.25, 0.3) is 10.7 Å². The SMILES string of the molecule is Cn1cnnc1SCCNC(=O)C1CCCN(Cc2nc(-c3cccs3)no2)C1. The highest BCUT2D eigenvalue weighted by Crippen LogP contribution is 2.23. The Labute approximate surface area is 176 Å². The molecule has 0 spiro atoms. The normalized spacial score (nSPS) is 17.5. The van der Waals surface area contributed by atoms with Gasteiger partial charge in [0.1, 0.15) is 6.33 Å². The van der Waals surface area contributed by atoms with Gasteiger partial charge in [0.05, 0.1) is 17.3 Å². The Morgan fingerprint density at radius 2 is 2.41 bits per heavy atom. The number of carbonyl (C=O) groups excluding carboxylic acids is 1. The summed E-state index contributed by atoms with van der Waals surface area (Å²) in [6.07, 6.45) is 3.56. The number of aromatic nitrogens is 5. The van der Waals surface area contributed by atoms with Gasteiger partial charge in [-0.15, -0.1) is 21.5 Å². The number of piperidine rings is 1.